The lowest BCUT2D eigenvalue weighted by atomic mass is 9.98. The number of ketones is 2. The summed E-state index contributed by atoms with van der Waals surface area (Å²) in [5, 5.41) is 6.58. The first kappa shape index (κ1) is 17.1. The summed E-state index contributed by atoms with van der Waals surface area (Å²) >= 11 is 0. The molecule has 4 nitrogen and oxygen atoms in total. The van der Waals surface area contributed by atoms with Gasteiger partial charge in [0.25, 0.3) is 0 Å². The summed E-state index contributed by atoms with van der Waals surface area (Å²) < 4.78 is 0. The fourth-order valence-corrected chi connectivity index (χ4v) is 3.53. The summed E-state index contributed by atoms with van der Waals surface area (Å²) in [5.74, 6) is 0.506. The van der Waals surface area contributed by atoms with Crippen molar-refractivity contribution in [3.05, 3.63) is 23.3 Å². The van der Waals surface area contributed by atoms with Crippen LogP contribution < -0.4 is 10.6 Å². The summed E-state index contributed by atoms with van der Waals surface area (Å²) in [6.07, 6.45) is 10.7. The van der Waals surface area contributed by atoms with Crippen molar-refractivity contribution in [2.75, 3.05) is 13.1 Å². The Hall–Kier alpha value is -1.26. The predicted molar refractivity (Wildman–Crippen MR) is 88.8 cm³/mol. The molecule has 2 aliphatic heterocycles. The molecular weight excluding hydrogens is 276 g/mol. The third kappa shape index (κ3) is 4.14. The van der Waals surface area contributed by atoms with Gasteiger partial charge in [0.1, 0.15) is 0 Å². The molecule has 0 radical (unpaired) electrons. The second-order valence-electron chi connectivity index (χ2n) is 6.19. The fraction of sp³-hybridized carbons (Fsp3) is 0.667. The number of nitrogens with one attached hydrogen (secondary N) is 2. The zero-order chi connectivity index (χ0) is 15.9. The lowest BCUT2D eigenvalue weighted by molar-refractivity contribution is -0.114. The topological polar surface area (TPSA) is 58.2 Å². The van der Waals surface area contributed by atoms with E-state index in [4.69, 9.17) is 0 Å². The van der Waals surface area contributed by atoms with E-state index in [0.29, 0.717) is 13.1 Å². The molecule has 0 saturated carbocycles. The molecular formula is C18H28N2O2. The number of Topliss-reactive ketones (excluding diaryl/α,β-unsaturated/α-hetero) is 2. The van der Waals surface area contributed by atoms with Crippen LogP contribution in [0.15, 0.2) is 23.3 Å². The third-order valence-electron chi connectivity index (χ3n) is 4.77. The van der Waals surface area contributed by atoms with Crippen LogP contribution in [0.1, 0.15) is 52.4 Å². The fourth-order valence-electron chi connectivity index (χ4n) is 3.53. The maximum Gasteiger partial charge on any atom is 0.173 e. The minimum Gasteiger partial charge on any atom is -0.303 e. The molecule has 0 bridgehead atoms. The average Bonchev–Trinajstić information content (AvgIpc) is 3.05. The van der Waals surface area contributed by atoms with Crippen LogP contribution >= 0.6 is 0 Å². The molecule has 2 saturated heterocycles. The van der Waals surface area contributed by atoms with Gasteiger partial charge in [-0.3, -0.25) is 9.59 Å². The number of carbonyl (C=O) groups excluding carboxylic acids is 2. The highest BCUT2D eigenvalue weighted by atomic mass is 16.1. The first-order valence-corrected chi connectivity index (χ1v) is 8.53. The summed E-state index contributed by atoms with van der Waals surface area (Å²) in [6.45, 7) is 4.89. The largest absolute Gasteiger partial charge is 0.303 e. The van der Waals surface area contributed by atoms with Crippen molar-refractivity contribution in [3.63, 3.8) is 0 Å². The van der Waals surface area contributed by atoms with Crippen LogP contribution in [0.5, 0.6) is 0 Å². The molecule has 0 aromatic heterocycles. The molecule has 2 rings (SSSR count). The zero-order valence-corrected chi connectivity index (χ0v) is 13.8. The Morgan fingerprint density at radius 1 is 0.818 bits per heavy atom. The molecule has 2 aliphatic rings. The van der Waals surface area contributed by atoms with Crippen molar-refractivity contribution in [2.24, 2.45) is 0 Å². The summed E-state index contributed by atoms with van der Waals surface area (Å²) in [6, 6.07) is 0.530. The minimum absolute atomic E-state index is 0.253. The van der Waals surface area contributed by atoms with Crippen LogP contribution in [0.2, 0.25) is 0 Å². The zero-order valence-electron chi connectivity index (χ0n) is 13.8. The Labute approximate surface area is 133 Å². The van der Waals surface area contributed by atoms with Gasteiger partial charge in [0.2, 0.25) is 0 Å². The van der Waals surface area contributed by atoms with Gasteiger partial charge in [0.05, 0.1) is 13.1 Å². The Morgan fingerprint density at radius 2 is 1.23 bits per heavy atom. The highest BCUT2D eigenvalue weighted by Crippen LogP contribution is 2.20. The number of unbranched alkanes of at least 4 members (excludes halogenated alkanes) is 3. The van der Waals surface area contributed by atoms with Gasteiger partial charge in [-0.2, -0.15) is 0 Å². The van der Waals surface area contributed by atoms with E-state index in [1.807, 2.05) is 26.0 Å². The molecule has 2 fully saturated rings. The molecule has 22 heavy (non-hydrogen) atoms. The normalized spacial score (nSPS) is 29.2. The van der Waals surface area contributed by atoms with Crippen LogP contribution in [-0.2, 0) is 9.59 Å². The maximum atomic E-state index is 11.6. The highest BCUT2D eigenvalue weighted by molar-refractivity contribution is 6.00. The van der Waals surface area contributed by atoms with Gasteiger partial charge in [0.15, 0.2) is 11.6 Å². The molecule has 0 aliphatic carbocycles. The van der Waals surface area contributed by atoms with E-state index in [9.17, 15) is 9.59 Å². The Kier molecular flexibility index (Phi) is 6.52. The Balaban J connectivity index is 1.59. The smallest absolute Gasteiger partial charge is 0.173 e. The molecule has 2 N–H and O–H groups in total. The van der Waals surface area contributed by atoms with Gasteiger partial charge in [0, 0.05) is 23.2 Å². The van der Waals surface area contributed by atoms with Gasteiger partial charge in [-0.25, -0.2) is 0 Å². The number of allylic oxidation sites excluding steroid dienone is 2. The maximum absolute atomic E-state index is 11.6. The van der Waals surface area contributed by atoms with Crippen molar-refractivity contribution in [3.8, 4) is 0 Å². The average molecular weight is 304 g/mol. The number of hydrogen-bond acceptors (Lipinski definition) is 4. The third-order valence-corrected chi connectivity index (χ3v) is 4.77. The molecule has 0 aromatic carbocycles. The van der Waals surface area contributed by atoms with E-state index < -0.39 is 0 Å². The van der Waals surface area contributed by atoms with Gasteiger partial charge in [-0.15, -0.1) is 0 Å². The molecule has 0 amide bonds. The van der Waals surface area contributed by atoms with Crippen molar-refractivity contribution in [1.82, 2.24) is 10.6 Å². The summed E-state index contributed by atoms with van der Waals surface area (Å²) in [5.41, 5.74) is 1.93. The number of hydrogen-bond donors (Lipinski definition) is 2. The second kappa shape index (κ2) is 8.39. The van der Waals surface area contributed by atoms with E-state index in [1.165, 1.54) is 12.8 Å². The van der Waals surface area contributed by atoms with E-state index in [2.05, 4.69) is 10.6 Å². The van der Waals surface area contributed by atoms with E-state index in [1.54, 1.807) is 0 Å². The van der Waals surface area contributed by atoms with Gasteiger partial charge < -0.3 is 10.6 Å². The van der Waals surface area contributed by atoms with Crippen LogP contribution in [0.4, 0.5) is 0 Å². The highest BCUT2D eigenvalue weighted by Gasteiger charge is 2.27. The van der Waals surface area contributed by atoms with Crippen molar-refractivity contribution in [1.29, 1.82) is 0 Å². The van der Waals surface area contributed by atoms with Crippen LogP contribution in [-0.4, -0.2) is 36.7 Å². The lowest BCUT2D eigenvalue weighted by Gasteiger charge is -2.12. The second-order valence-corrected chi connectivity index (χ2v) is 6.19. The van der Waals surface area contributed by atoms with Gasteiger partial charge in [-0.05, 0) is 26.7 Å². The first-order chi connectivity index (χ1) is 10.7. The van der Waals surface area contributed by atoms with Crippen molar-refractivity contribution < 1.29 is 9.59 Å². The standard InChI is InChI=1S/C18H28N2O2/c1-3-13-15(19-11-17(13)21)9-7-5-6-8-10-16-14(4-2)18(22)12-20-16/h3-4,15-16,19-20H,5-12H2,1-2H3. The Morgan fingerprint density at radius 3 is 1.59 bits per heavy atom. The minimum atomic E-state index is 0.253. The summed E-state index contributed by atoms with van der Waals surface area (Å²) in [4.78, 5) is 23.2. The Bertz CT molecular complexity index is 435. The van der Waals surface area contributed by atoms with Crippen LogP contribution in [0.25, 0.3) is 0 Å². The first-order valence-electron chi connectivity index (χ1n) is 8.53. The van der Waals surface area contributed by atoms with Crippen LogP contribution in [0, 0.1) is 0 Å². The van der Waals surface area contributed by atoms with Gasteiger partial charge >= 0.3 is 0 Å². The summed E-state index contributed by atoms with van der Waals surface area (Å²) in [7, 11) is 0. The van der Waals surface area contributed by atoms with E-state index in [-0.39, 0.29) is 23.7 Å². The molecule has 122 valence electrons. The molecule has 2 atom stereocenters. The van der Waals surface area contributed by atoms with Crippen molar-refractivity contribution >= 4 is 11.6 Å². The van der Waals surface area contributed by atoms with Crippen LogP contribution in [0.3, 0.4) is 0 Å². The molecule has 0 spiro atoms. The lowest BCUT2D eigenvalue weighted by Crippen LogP contribution is -2.22. The number of rotatable bonds is 7. The van der Waals surface area contributed by atoms with Crippen molar-refractivity contribution in [2.45, 2.75) is 64.5 Å². The van der Waals surface area contributed by atoms with Gasteiger partial charge in [-0.1, -0.05) is 37.8 Å². The van der Waals surface area contributed by atoms with E-state index in [0.717, 1.165) is 36.8 Å². The molecule has 0 aromatic rings. The molecule has 2 heterocycles. The SMILES string of the molecule is CC=C1C(=O)CNC1CCCCCCC1NCC(=O)C1=CC. The number of carbonyl (C=O) groups is 2. The molecule has 4 heteroatoms. The monoisotopic (exact) mass is 304 g/mol. The predicted octanol–water partition coefficient (Wildman–Crippen LogP) is 2.30. The quantitative estimate of drug-likeness (QED) is 0.560. The molecule has 2 unspecified atom stereocenters. The van der Waals surface area contributed by atoms with E-state index >= 15 is 0 Å².